The van der Waals surface area contributed by atoms with Gasteiger partial charge in [-0.3, -0.25) is 4.98 Å². The number of thioether (sulfide) groups is 1. The minimum atomic E-state index is 1.07. The summed E-state index contributed by atoms with van der Waals surface area (Å²) in [6.45, 7) is 2.01. The van der Waals surface area contributed by atoms with Crippen molar-refractivity contribution in [3.05, 3.63) is 36.2 Å². The Balaban J connectivity index is 2.34. The standard InChI is InChI=1S/C11H11NS2/c1-8-3-4-9(7-12-8)10-5-6-11(13-2)14-10/h3-7H,1-2H3. The summed E-state index contributed by atoms with van der Waals surface area (Å²) in [7, 11) is 0. The van der Waals surface area contributed by atoms with Gasteiger partial charge < -0.3 is 0 Å². The number of aromatic nitrogens is 1. The predicted octanol–water partition coefficient (Wildman–Crippen LogP) is 3.84. The molecule has 2 aromatic rings. The van der Waals surface area contributed by atoms with E-state index in [0.717, 1.165) is 5.69 Å². The van der Waals surface area contributed by atoms with Crippen molar-refractivity contribution in [1.82, 2.24) is 4.98 Å². The summed E-state index contributed by atoms with van der Waals surface area (Å²) in [6.07, 6.45) is 4.04. The quantitative estimate of drug-likeness (QED) is 0.715. The highest BCUT2D eigenvalue weighted by molar-refractivity contribution is 8.00. The number of pyridine rings is 1. The van der Waals surface area contributed by atoms with Crippen molar-refractivity contribution in [1.29, 1.82) is 0 Å². The Morgan fingerprint density at radius 2 is 2.07 bits per heavy atom. The van der Waals surface area contributed by atoms with Crippen LogP contribution in [-0.2, 0) is 0 Å². The van der Waals surface area contributed by atoms with E-state index in [9.17, 15) is 0 Å². The largest absolute Gasteiger partial charge is 0.261 e. The second kappa shape index (κ2) is 4.15. The number of nitrogens with zero attached hydrogens (tertiary/aromatic N) is 1. The lowest BCUT2D eigenvalue weighted by atomic mass is 10.2. The molecule has 0 aliphatic heterocycles. The minimum absolute atomic E-state index is 1.07. The van der Waals surface area contributed by atoms with Crippen LogP contribution in [0.3, 0.4) is 0 Å². The van der Waals surface area contributed by atoms with Crippen LogP contribution in [0.15, 0.2) is 34.7 Å². The fraction of sp³-hybridized carbons (Fsp3) is 0.182. The fourth-order valence-electron chi connectivity index (χ4n) is 1.20. The molecular weight excluding hydrogens is 210 g/mol. The van der Waals surface area contributed by atoms with E-state index < -0.39 is 0 Å². The maximum absolute atomic E-state index is 4.29. The first-order valence-corrected chi connectivity index (χ1v) is 6.40. The molecule has 0 atom stereocenters. The molecule has 0 N–H and O–H groups in total. The van der Waals surface area contributed by atoms with E-state index in [1.54, 1.807) is 11.8 Å². The van der Waals surface area contributed by atoms with Gasteiger partial charge in [0.15, 0.2) is 0 Å². The van der Waals surface area contributed by atoms with E-state index in [1.165, 1.54) is 14.6 Å². The Morgan fingerprint density at radius 3 is 2.64 bits per heavy atom. The molecule has 0 radical (unpaired) electrons. The number of rotatable bonds is 2. The highest BCUT2D eigenvalue weighted by Gasteiger charge is 2.01. The Morgan fingerprint density at radius 1 is 1.21 bits per heavy atom. The van der Waals surface area contributed by atoms with Crippen LogP contribution in [0.5, 0.6) is 0 Å². The molecule has 0 amide bonds. The van der Waals surface area contributed by atoms with Gasteiger partial charge in [-0.25, -0.2) is 0 Å². The summed E-state index contributed by atoms with van der Waals surface area (Å²) in [5, 5.41) is 0. The Hall–Kier alpha value is -0.800. The van der Waals surface area contributed by atoms with E-state index in [1.807, 2.05) is 30.5 Å². The monoisotopic (exact) mass is 221 g/mol. The summed E-state index contributed by atoms with van der Waals surface area (Å²) in [4.78, 5) is 5.58. The van der Waals surface area contributed by atoms with E-state index in [2.05, 4.69) is 29.4 Å². The van der Waals surface area contributed by atoms with Crippen LogP contribution >= 0.6 is 23.1 Å². The molecule has 0 aliphatic carbocycles. The first kappa shape index (κ1) is 9.74. The van der Waals surface area contributed by atoms with Crippen LogP contribution in [0.25, 0.3) is 10.4 Å². The molecule has 2 heterocycles. The molecule has 0 spiro atoms. The first-order chi connectivity index (χ1) is 6.79. The van der Waals surface area contributed by atoms with Gasteiger partial charge in [-0.15, -0.1) is 23.1 Å². The lowest BCUT2D eigenvalue weighted by Crippen LogP contribution is -1.79. The van der Waals surface area contributed by atoms with Crippen molar-refractivity contribution in [2.24, 2.45) is 0 Å². The van der Waals surface area contributed by atoms with Gasteiger partial charge in [0.2, 0.25) is 0 Å². The topological polar surface area (TPSA) is 12.9 Å². The van der Waals surface area contributed by atoms with E-state index in [0.29, 0.717) is 0 Å². The molecule has 3 heteroatoms. The molecule has 0 aliphatic rings. The maximum atomic E-state index is 4.29. The van der Waals surface area contributed by atoms with Gasteiger partial charge in [-0.05, 0) is 31.4 Å². The Labute approximate surface area is 92.2 Å². The number of hydrogen-bond donors (Lipinski definition) is 0. The van der Waals surface area contributed by atoms with Gasteiger partial charge in [0.25, 0.3) is 0 Å². The van der Waals surface area contributed by atoms with E-state index in [-0.39, 0.29) is 0 Å². The third kappa shape index (κ3) is 1.99. The third-order valence-corrected chi connectivity index (χ3v) is 4.20. The smallest absolute Gasteiger partial charge is 0.0602 e. The molecule has 72 valence electrons. The zero-order chi connectivity index (χ0) is 9.97. The van der Waals surface area contributed by atoms with Crippen LogP contribution in [0.1, 0.15) is 5.69 Å². The van der Waals surface area contributed by atoms with Crippen molar-refractivity contribution in [2.45, 2.75) is 11.1 Å². The van der Waals surface area contributed by atoms with Crippen LogP contribution < -0.4 is 0 Å². The van der Waals surface area contributed by atoms with Gasteiger partial charge in [-0.2, -0.15) is 0 Å². The molecule has 0 bridgehead atoms. The van der Waals surface area contributed by atoms with Crippen LogP contribution in [-0.4, -0.2) is 11.2 Å². The fourth-order valence-corrected chi connectivity index (χ4v) is 2.73. The van der Waals surface area contributed by atoms with E-state index in [4.69, 9.17) is 0 Å². The van der Waals surface area contributed by atoms with Crippen molar-refractivity contribution in [3.8, 4) is 10.4 Å². The molecule has 1 nitrogen and oxygen atoms in total. The third-order valence-electron chi connectivity index (χ3n) is 1.98. The van der Waals surface area contributed by atoms with Crippen molar-refractivity contribution < 1.29 is 0 Å². The molecule has 0 aromatic carbocycles. The van der Waals surface area contributed by atoms with Crippen molar-refractivity contribution in [3.63, 3.8) is 0 Å². The van der Waals surface area contributed by atoms with Gasteiger partial charge in [-0.1, -0.05) is 6.07 Å². The average Bonchev–Trinajstić information content (AvgIpc) is 2.67. The second-order valence-electron chi connectivity index (χ2n) is 3.01. The van der Waals surface area contributed by atoms with Gasteiger partial charge in [0, 0.05) is 22.3 Å². The summed E-state index contributed by atoms with van der Waals surface area (Å²) < 4.78 is 1.35. The van der Waals surface area contributed by atoms with Gasteiger partial charge >= 0.3 is 0 Å². The van der Waals surface area contributed by atoms with Crippen LogP contribution in [0.2, 0.25) is 0 Å². The zero-order valence-corrected chi connectivity index (χ0v) is 9.78. The van der Waals surface area contributed by atoms with Crippen LogP contribution in [0.4, 0.5) is 0 Å². The number of thiophene rings is 1. The number of hydrogen-bond acceptors (Lipinski definition) is 3. The molecule has 2 aromatic heterocycles. The molecule has 0 fully saturated rings. The first-order valence-electron chi connectivity index (χ1n) is 4.36. The molecule has 0 saturated heterocycles. The lowest BCUT2D eigenvalue weighted by Gasteiger charge is -1.96. The minimum Gasteiger partial charge on any atom is -0.261 e. The highest BCUT2D eigenvalue weighted by atomic mass is 32.2. The number of aryl methyl sites for hydroxylation is 1. The molecule has 14 heavy (non-hydrogen) atoms. The zero-order valence-electron chi connectivity index (χ0n) is 8.15. The summed E-state index contributed by atoms with van der Waals surface area (Å²) in [6, 6.07) is 8.49. The average molecular weight is 221 g/mol. The molecule has 0 saturated carbocycles. The summed E-state index contributed by atoms with van der Waals surface area (Å²) >= 11 is 3.60. The molecular formula is C11H11NS2. The summed E-state index contributed by atoms with van der Waals surface area (Å²) in [5.74, 6) is 0. The van der Waals surface area contributed by atoms with Gasteiger partial charge in [0.1, 0.15) is 0 Å². The highest BCUT2D eigenvalue weighted by Crippen LogP contribution is 2.32. The predicted molar refractivity (Wildman–Crippen MR) is 64.1 cm³/mol. The summed E-state index contributed by atoms with van der Waals surface area (Å²) in [5.41, 5.74) is 2.27. The Bertz CT molecular complexity index is 417. The lowest BCUT2D eigenvalue weighted by molar-refractivity contribution is 1.20. The molecule has 0 unspecified atom stereocenters. The van der Waals surface area contributed by atoms with Crippen LogP contribution in [0, 0.1) is 6.92 Å². The maximum Gasteiger partial charge on any atom is 0.0602 e. The molecule has 2 rings (SSSR count). The second-order valence-corrected chi connectivity index (χ2v) is 5.20. The van der Waals surface area contributed by atoms with Gasteiger partial charge in [0.05, 0.1) is 4.21 Å². The van der Waals surface area contributed by atoms with E-state index >= 15 is 0 Å². The van der Waals surface area contributed by atoms with Crippen molar-refractivity contribution in [2.75, 3.05) is 6.26 Å². The SMILES string of the molecule is CSc1ccc(-c2ccc(C)nc2)s1. The van der Waals surface area contributed by atoms with Crippen molar-refractivity contribution >= 4 is 23.1 Å². The normalized spacial score (nSPS) is 10.4. The Kier molecular flexibility index (Phi) is 2.89.